The summed E-state index contributed by atoms with van der Waals surface area (Å²) in [5.74, 6) is -0.509. The minimum atomic E-state index is -0.909. The van der Waals surface area contributed by atoms with Gasteiger partial charge in [-0.25, -0.2) is 4.79 Å². The van der Waals surface area contributed by atoms with E-state index in [1.54, 1.807) is 38.4 Å². The third-order valence-corrected chi connectivity index (χ3v) is 2.84. The minimum absolute atomic E-state index is 0.0309. The number of nitrogens with zero attached hydrogens (tertiary/aromatic N) is 2. The molecule has 0 saturated heterocycles. The van der Waals surface area contributed by atoms with Crippen molar-refractivity contribution in [2.75, 3.05) is 27.7 Å². The zero-order chi connectivity index (χ0) is 16.0. The molecular formula is C14H19N3O4. The van der Waals surface area contributed by atoms with E-state index in [1.807, 2.05) is 0 Å². The first kappa shape index (κ1) is 16.5. The van der Waals surface area contributed by atoms with E-state index in [9.17, 15) is 14.4 Å². The Kier molecular flexibility index (Phi) is 5.71. The Balaban J connectivity index is 2.86. The molecule has 1 rings (SSSR count). The Hall–Kier alpha value is -2.57. The Labute approximate surface area is 123 Å². The predicted octanol–water partition coefficient (Wildman–Crippen LogP) is 0.442. The van der Waals surface area contributed by atoms with Crippen LogP contribution in [0.25, 0.3) is 0 Å². The van der Waals surface area contributed by atoms with Gasteiger partial charge < -0.3 is 20.3 Å². The molecule has 0 fully saturated rings. The summed E-state index contributed by atoms with van der Waals surface area (Å²) in [4.78, 5) is 37.4. The highest BCUT2D eigenvalue weighted by molar-refractivity contribution is 5.97. The molecule has 0 aromatic heterocycles. The fourth-order valence-corrected chi connectivity index (χ4v) is 1.63. The molecule has 0 unspecified atom stereocenters. The molecular weight excluding hydrogens is 274 g/mol. The van der Waals surface area contributed by atoms with Gasteiger partial charge in [0.15, 0.2) is 0 Å². The van der Waals surface area contributed by atoms with Crippen molar-refractivity contribution in [2.24, 2.45) is 5.73 Å². The second-order valence-corrected chi connectivity index (χ2v) is 4.71. The van der Waals surface area contributed by atoms with Crippen molar-refractivity contribution in [2.45, 2.75) is 6.61 Å². The first-order valence-corrected chi connectivity index (χ1v) is 6.28. The minimum Gasteiger partial charge on any atom is -0.445 e. The van der Waals surface area contributed by atoms with Crippen LogP contribution >= 0.6 is 0 Å². The molecule has 0 aliphatic carbocycles. The largest absolute Gasteiger partial charge is 0.445 e. The molecule has 0 saturated carbocycles. The summed E-state index contributed by atoms with van der Waals surface area (Å²) in [5.41, 5.74) is 5.82. The van der Waals surface area contributed by atoms with E-state index in [2.05, 4.69) is 0 Å². The number of amides is 3. The lowest BCUT2D eigenvalue weighted by atomic mass is 10.1. The topological polar surface area (TPSA) is 92.9 Å². The summed E-state index contributed by atoms with van der Waals surface area (Å²) in [7, 11) is 4.78. The van der Waals surface area contributed by atoms with Crippen molar-refractivity contribution >= 4 is 17.9 Å². The number of carbonyl (C=O) groups is 3. The Morgan fingerprint density at radius 2 is 1.76 bits per heavy atom. The molecule has 3 amide bonds. The average Bonchev–Trinajstić information content (AvgIpc) is 2.44. The van der Waals surface area contributed by atoms with Crippen LogP contribution in [0.1, 0.15) is 15.9 Å². The van der Waals surface area contributed by atoms with E-state index in [0.717, 1.165) is 0 Å². The van der Waals surface area contributed by atoms with Gasteiger partial charge >= 0.3 is 6.09 Å². The molecule has 0 atom stereocenters. The van der Waals surface area contributed by atoms with Gasteiger partial charge in [-0.3, -0.25) is 9.59 Å². The fourth-order valence-electron chi connectivity index (χ4n) is 1.63. The molecule has 21 heavy (non-hydrogen) atoms. The molecule has 7 nitrogen and oxygen atoms in total. The number of nitrogens with two attached hydrogens (primary N) is 1. The van der Waals surface area contributed by atoms with Gasteiger partial charge in [-0.05, 0) is 6.07 Å². The molecule has 0 aliphatic heterocycles. The molecule has 0 radical (unpaired) electrons. The highest BCUT2D eigenvalue weighted by Gasteiger charge is 2.18. The van der Waals surface area contributed by atoms with Crippen LogP contribution < -0.4 is 5.73 Å². The van der Waals surface area contributed by atoms with E-state index < -0.39 is 6.09 Å². The highest BCUT2D eigenvalue weighted by atomic mass is 16.5. The van der Waals surface area contributed by atoms with Gasteiger partial charge in [0.1, 0.15) is 6.61 Å². The summed E-state index contributed by atoms with van der Waals surface area (Å²) >= 11 is 0. The van der Waals surface area contributed by atoms with Crippen LogP contribution in [-0.4, -0.2) is 55.4 Å². The predicted molar refractivity (Wildman–Crippen MR) is 76.5 cm³/mol. The van der Waals surface area contributed by atoms with Crippen LogP contribution in [0, 0.1) is 0 Å². The highest BCUT2D eigenvalue weighted by Crippen LogP contribution is 2.12. The van der Waals surface area contributed by atoms with Crippen LogP contribution in [0.2, 0.25) is 0 Å². The number of rotatable bonds is 5. The van der Waals surface area contributed by atoms with Crippen molar-refractivity contribution in [3.05, 3.63) is 35.4 Å². The van der Waals surface area contributed by atoms with E-state index in [1.165, 1.54) is 16.8 Å². The van der Waals surface area contributed by atoms with Gasteiger partial charge in [-0.1, -0.05) is 18.2 Å². The molecule has 0 spiro atoms. The number of primary amides is 1. The summed E-state index contributed by atoms with van der Waals surface area (Å²) < 4.78 is 4.71. The maximum Gasteiger partial charge on any atom is 0.404 e. The maximum atomic E-state index is 12.4. The lowest BCUT2D eigenvalue weighted by Crippen LogP contribution is -2.38. The Bertz CT molecular complexity index is 543. The van der Waals surface area contributed by atoms with Crippen molar-refractivity contribution in [1.82, 2.24) is 9.80 Å². The maximum absolute atomic E-state index is 12.4. The average molecular weight is 293 g/mol. The fraction of sp³-hybridized carbons (Fsp3) is 0.357. The molecule has 0 heterocycles. The lowest BCUT2D eigenvalue weighted by Gasteiger charge is -2.20. The van der Waals surface area contributed by atoms with Crippen molar-refractivity contribution < 1.29 is 19.1 Å². The van der Waals surface area contributed by atoms with Crippen LogP contribution in [0.5, 0.6) is 0 Å². The van der Waals surface area contributed by atoms with E-state index in [0.29, 0.717) is 11.1 Å². The molecule has 0 aliphatic rings. The summed E-state index contributed by atoms with van der Waals surface area (Å²) in [6, 6.07) is 6.69. The zero-order valence-corrected chi connectivity index (χ0v) is 12.3. The Morgan fingerprint density at radius 3 is 2.33 bits per heavy atom. The first-order valence-electron chi connectivity index (χ1n) is 6.28. The second kappa shape index (κ2) is 7.28. The number of benzene rings is 1. The SMILES string of the molecule is CN(C)C(=O)CN(C)C(=O)c1ccccc1COC(N)=O. The molecule has 1 aromatic rings. The van der Waals surface area contributed by atoms with Crippen LogP contribution in [-0.2, 0) is 16.1 Å². The van der Waals surface area contributed by atoms with Crippen LogP contribution in [0.15, 0.2) is 24.3 Å². The summed E-state index contributed by atoms with van der Waals surface area (Å²) in [6.45, 7) is -0.121. The van der Waals surface area contributed by atoms with Crippen molar-refractivity contribution in [3.8, 4) is 0 Å². The summed E-state index contributed by atoms with van der Waals surface area (Å²) in [5, 5.41) is 0. The van der Waals surface area contributed by atoms with E-state index in [-0.39, 0.29) is 25.0 Å². The van der Waals surface area contributed by atoms with Crippen molar-refractivity contribution in [3.63, 3.8) is 0 Å². The molecule has 1 aromatic carbocycles. The molecule has 7 heteroatoms. The standard InChI is InChI=1S/C14H19N3O4/c1-16(2)12(18)8-17(3)13(19)11-7-5-4-6-10(11)9-21-14(15)20/h4-7H,8-9H2,1-3H3,(H2,15,20). The quantitative estimate of drug-likeness (QED) is 0.852. The number of hydrogen-bond donors (Lipinski definition) is 1. The Morgan fingerprint density at radius 1 is 1.14 bits per heavy atom. The summed E-state index contributed by atoms with van der Waals surface area (Å²) in [6.07, 6.45) is -0.909. The van der Waals surface area contributed by atoms with Crippen molar-refractivity contribution in [1.29, 1.82) is 0 Å². The first-order chi connectivity index (χ1) is 9.82. The lowest BCUT2D eigenvalue weighted by molar-refractivity contribution is -0.129. The number of hydrogen-bond acceptors (Lipinski definition) is 4. The molecule has 2 N–H and O–H groups in total. The number of likely N-dealkylation sites (N-methyl/N-ethyl adjacent to an activating group) is 2. The van der Waals surface area contributed by atoms with Gasteiger partial charge in [0.2, 0.25) is 5.91 Å². The third kappa shape index (κ3) is 4.79. The normalized spacial score (nSPS) is 9.86. The van der Waals surface area contributed by atoms with Gasteiger partial charge in [0.25, 0.3) is 5.91 Å². The van der Waals surface area contributed by atoms with Crippen LogP contribution in [0.4, 0.5) is 4.79 Å². The zero-order valence-electron chi connectivity index (χ0n) is 12.3. The number of ether oxygens (including phenoxy) is 1. The van der Waals surface area contributed by atoms with E-state index >= 15 is 0 Å². The molecule has 114 valence electrons. The van der Waals surface area contributed by atoms with E-state index in [4.69, 9.17) is 10.5 Å². The third-order valence-electron chi connectivity index (χ3n) is 2.84. The second-order valence-electron chi connectivity index (χ2n) is 4.71. The van der Waals surface area contributed by atoms with Gasteiger partial charge in [-0.15, -0.1) is 0 Å². The monoisotopic (exact) mass is 293 g/mol. The molecule has 0 bridgehead atoms. The van der Waals surface area contributed by atoms with Gasteiger partial charge in [-0.2, -0.15) is 0 Å². The smallest absolute Gasteiger partial charge is 0.404 e. The number of carbonyl (C=O) groups excluding carboxylic acids is 3. The van der Waals surface area contributed by atoms with Crippen LogP contribution in [0.3, 0.4) is 0 Å². The van der Waals surface area contributed by atoms with Gasteiger partial charge in [0.05, 0.1) is 6.54 Å². The van der Waals surface area contributed by atoms with Gasteiger partial charge in [0, 0.05) is 32.3 Å².